The highest BCUT2D eigenvalue weighted by Gasteiger charge is 2.38. The van der Waals surface area contributed by atoms with Gasteiger partial charge in [-0.05, 0) is 127 Å². The molecule has 0 bridgehead atoms. The zero-order chi connectivity index (χ0) is 22.2. The van der Waals surface area contributed by atoms with Crippen molar-refractivity contribution in [1.29, 1.82) is 0 Å². The zero-order valence-electron chi connectivity index (χ0n) is 19.4. The summed E-state index contributed by atoms with van der Waals surface area (Å²) >= 11 is 0. The third-order valence-electron chi connectivity index (χ3n) is 8.04. The summed E-state index contributed by atoms with van der Waals surface area (Å²) in [6.45, 7) is 9.15. The van der Waals surface area contributed by atoms with Gasteiger partial charge in [-0.1, -0.05) is 38.1 Å². The molecule has 0 aromatic heterocycles. The first-order chi connectivity index (χ1) is 14.8. The van der Waals surface area contributed by atoms with Crippen LogP contribution in [0.4, 0.5) is 0 Å². The minimum absolute atomic E-state index is 0.318. The van der Waals surface area contributed by atoms with E-state index in [0.29, 0.717) is 28.7 Å². The minimum atomic E-state index is 0.318. The second-order valence-corrected chi connectivity index (χ2v) is 10.2. The number of aryl methyl sites for hydroxylation is 2. The predicted octanol–water partition coefficient (Wildman–Crippen LogP) is 7.81. The van der Waals surface area contributed by atoms with Gasteiger partial charge in [-0.3, -0.25) is 0 Å². The Kier molecular flexibility index (Phi) is 6.01. The summed E-state index contributed by atoms with van der Waals surface area (Å²) in [4.78, 5) is 0. The summed E-state index contributed by atoms with van der Waals surface area (Å²) in [5, 5.41) is 19.4. The SMILES string of the molecule is Cc1cc(O)ccc1C1=CCC(C(C)(C)C2CC=C(c3ccc(O)cc3C)CC2)CC1. The summed E-state index contributed by atoms with van der Waals surface area (Å²) in [5.41, 5.74) is 8.12. The van der Waals surface area contributed by atoms with Gasteiger partial charge in [0.2, 0.25) is 0 Å². The molecule has 0 radical (unpaired) electrons. The highest BCUT2D eigenvalue weighted by atomic mass is 16.3. The molecule has 2 unspecified atom stereocenters. The second-order valence-electron chi connectivity index (χ2n) is 10.2. The van der Waals surface area contributed by atoms with Crippen LogP contribution in [0.2, 0.25) is 0 Å². The van der Waals surface area contributed by atoms with Gasteiger partial charge in [-0.25, -0.2) is 0 Å². The van der Waals surface area contributed by atoms with Crippen molar-refractivity contribution < 1.29 is 10.2 Å². The summed E-state index contributed by atoms with van der Waals surface area (Å²) in [6.07, 6.45) is 11.9. The van der Waals surface area contributed by atoms with Crippen LogP contribution in [0.25, 0.3) is 11.1 Å². The molecule has 2 aromatic rings. The molecule has 0 amide bonds. The number of phenolic OH excluding ortho intramolecular Hbond substituents is 2. The van der Waals surface area contributed by atoms with Gasteiger partial charge in [0.05, 0.1) is 0 Å². The van der Waals surface area contributed by atoms with Gasteiger partial charge in [0, 0.05) is 0 Å². The van der Waals surface area contributed by atoms with Crippen molar-refractivity contribution in [1.82, 2.24) is 0 Å². The maximum Gasteiger partial charge on any atom is 0.115 e. The Bertz CT molecular complexity index is 944. The van der Waals surface area contributed by atoms with Crippen molar-refractivity contribution in [3.63, 3.8) is 0 Å². The molecule has 2 nitrogen and oxygen atoms in total. The molecule has 164 valence electrons. The lowest BCUT2D eigenvalue weighted by molar-refractivity contribution is 0.0991. The lowest BCUT2D eigenvalue weighted by atomic mass is 9.61. The van der Waals surface area contributed by atoms with E-state index in [1.165, 1.54) is 46.2 Å². The van der Waals surface area contributed by atoms with Gasteiger partial charge < -0.3 is 10.2 Å². The molecule has 2 aliphatic rings. The van der Waals surface area contributed by atoms with Crippen molar-refractivity contribution >= 4 is 11.1 Å². The molecule has 0 spiro atoms. The average molecular weight is 417 g/mol. The summed E-state index contributed by atoms with van der Waals surface area (Å²) in [5.74, 6) is 2.13. The smallest absolute Gasteiger partial charge is 0.115 e. The first kappa shape index (κ1) is 21.7. The molecular formula is C29H36O2. The molecule has 2 aromatic carbocycles. The van der Waals surface area contributed by atoms with Gasteiger partial charge in [-0.2, -0.15) is 0 Å². The fraction of sp³-hybridized carbons (Fsp3) is 0.448. The highest BCUT2D eigenvalue weighted by Crippen LogP contribution is 2.49. The van der Waals surface area contributed by atoms with E-state index in [0.717, 1.165) is 25.7 Å². The van der Waals surface area contributed by atoms with E-state index in [2.05, 4.69) is 52.0 Å². The molecule has 0 aliphatic heterocycles. The summed E-state index contributed by atoms with van der Waals surface area (Å²) in [7, 11) is 0. The highest BCUT2D eigenvalue weighted by molar-refractivity contribution is 5.70. The van der Waals surface area contributed by atoms with Crippen molar-refractivity contribution in [2.24, 2.45) is 17.3 Å². The van der Waals surface area contributed by atoms with Crippen LogP contribution in [0.3, 0.4) is 0 Å². The number of phenols is 2. The number of hydrogen-bond acceptors (Lipinski definition) is 2. The lowest BCUT2D eigenvalue weighted by Gasteiger charge is -2.44. The standard InChI is InChI=1S/C29H36O2/c1-19-17-25(30)13-15-27(19)21-5-9-23(10-6-21)29(3,4)24-11-7-22(8-12-24)28-16-14-26(31)18-20(28)2/h5,7,13-18,23-24,30-31H,6,8-12H2,1-4H3. The van der Waals surface area contributed by atoms with Crippen molar-refractivity contribution in [2.75, 3.05) is 0 Å². The quantitative estimate of drug-likeness (QED) is 0.533. The number of rotatable bonds is 4. The maximum absolute atomic E-state index is 9.71. The van der Waals surface area contributed by atoms with E-state index in [1.807, 2.05) is 12.1 Å². The van der Waals surface area contributed by atoms with Crippen LogP contribution in [0.1, 0.15) is 74.6 Å². The molecule has 0 saturated heterocycles. The van der Waals surface area contributed by atoms with Crippen molar-refractivity contribution in [2.45, 2.75) is 66.2 Å². The third-order valence-corrected chi connectivity index (χ3v) is 8.04. The molecule has 2 heteroatoms. The largest absolute Gasteiger partial charge is 0.508 e. The van der Waals surface area contributed by atoms with Gasteiger partial charge in [0.15, 0.2) is 0 Å². The monoisotopic (exact) mass is 416 g/mol. The van der Waals surface area contributed by atoms with Gasteiger partial charge in [0.1, 0.15) is 11.5 Å². The van der Waals surface area contributed by atoms with E-state index in [4.69, 9.17) is 0 Å². The van der Waals surface area contributed by atoms with Crippen molar-refractivity contribution in [3.05, 3.63) is 70.8 Å². The fourth-order valence-corrected chi connectivity index (χ4v) is 5.86. The number of hydrogen-bond donors (Lipinski definition) is 2. The van der Waals surface area contributed by atoms with E-state index in [-0.39, 0.29) is 0 Å². The van der Waals surface area contributed by atoms with Gasteiger partial charge >= 0.3 is 0 Å². The Morgan fingerprint density at radius 1 is 0.710 bits per heavy atom. The molecule has 0 fully saturated rings. The van der Waals surface area contributed by atoms with E-state index < -0.39 is 0 Å². The van der Waals surface area contributed by atoms with Crippen LogP contribution < -0.4 is 0 Å². The van der Waals surface area contributed by atoms with Crippen LogP contribution >= 0.6 is 0 Å². The zero-order valence-corrected chi connectivity index (χ0v) is 19.4. The van der Waals surface area contributed by atoms with E-state index >= 15 is 0 Å². The van der Waals surface area contributed by atoms with Crippen molar-refractivity contribution in [3.8, 4) is 11.5 Å². The molecule has 2 N–H and O–H groups in total. The second kappa shape index (κ2) is 8.57. The molecule has 31 heavy (non-hydrogen) atoms. The number of aromatic hydroxyl groups is 2. The molecular weight excluding hydrogens is 380 g/mol. The topological polar surface area (TPSA) is 40.5 Å². The molecule has 2 atom stereocenters. The molecule has 0 saturated carbocycles. The Morgan fingerprint density at radius 3 is 1.45 bits per heavy atom. The molecule has 4 rings (SSSR count). The first-order valence-corrected chi connectivity index (χ1v) is 11.7. The average Bonchev–Trinajstić information content (AvgIpc) is 2.74. The minimum Gasteiger partial charge on any atom is -0.508 e. The predicted molar refractivity (Wildman–Crippen MR) is 130 cm³/mol. The maximum atomic E-state index is 9.71. The molecule has 2 aliphatic carbocycles. The number of allylic oxidation sites excluding steroid dienone is 4. The van der Waals surface area contributed by atoms with Crippen LogP contribution in [0.15, 0.2) is 48.6 Å². The van der Waals surface area contributed by atoms with Gasteiger partial charge in [-0.15, -0.1) is 0 Å². The van der Waals surface area contributed by atoms with Crippen LogP contribution in [0.5, 0.6) is 11.5 Å². The Labute approximate surface area is 187 Å². The number of benzene rings is 2. The van der Waals surface area contributed by atoms with Crippen LogP contribution in [-0.4, -0.2) is 10.2 Å². The molecule has 0 heterocycles. The first-order valence-electron chi connectivity index (χ1n) is 11.7. The van der Waals surface area contributed by atoms with E-state index in [1.54, 1.807) is 12.1 Å². The van der Waals surface area contributed by atoms with Crippen LogP contribution in [-0.2, 0) is 0 Å². The normalized spacial score (nSPS) is 22.1. The summed E-state index contributed by atoms with van der Waals surface area (Å²) in [6, 6.07) is 11.5. The fourth-order valence-electron chi connectivity index (χ4n) is 5.86. The van der Waals surface area contributed by atoms with E-state index in [9.17, 15) is 10.2 Å². The third kappa shape index (κ3) is 4.44. The van der Waals surface area contributed by atoms with Gasteiger partial charge in [0.25, 0.3) is 0 Å². The Hall–Kier alpha value is -2.48. The Morgan fingerprint density at radius 2 is 1.13 bits per heavy atom. The summed E-state index contributed by atoms with van der Waals surface area (Å²) < 4.78 is 0. The Balaban J connectivity index is 1.45. The van der Waals surface area contributed by atoms with Crippen LogP contribution in [0, 0.1) is 31.1 Å². The lowest BCUT2D eigenvalue weighted by Crippen LogP contribution is -2.34.